The molecular formula is C13H20N2O3. The van der Waals surface area contributed by atoms with Gasteiger partial charge in [-0.25, -0.2) is 0 Å². The zero-order valence-corrected chi connectivity index (χ0v) is 10.6. The Morgan fingerprint density at radius 2 is 1.94 bits per heavy atom. The number of benzene rings is 1. The number of hydrogen-bond donors (Lipinski definition) is 3. The molecule has 1 aromatic carbocycles. The Morgan fingerprint density at radius 3 is 2.61 bits per heavy atom. The lowest BCUT2D eigenvalue weighted by atomic mass is 10.3. The first-order valence-electron chi connectivity index (χ1n) is 6.11. The summed E-state index contributed by atoms with van der Waals surface area (Å²) in [5.74, 6) is 0.585. The van der Waals surface area contributed by atoms with E-state index in [4.69, 9.17) is 9.84 Å². The van der Waals surface area contributed by atoms with E-state index in [1.165, 1.54) is 12.1 Å². The molecule has 0 unspecified atom stereocenters. The molecule has 0 saturated carbocycles. The quantitative estimate of drug-likeness (QED) is 0.601. The summed E-state index contributed by atoms with van der Waals surface area (Å²) in [6.45, 7) is 4.39. The third kappa shape index (κ3) is 6.10. The van der Waals surface area contributed by atoms with Gasteiger partial charge in [0, 0.05) is 13.1 Å². The Morgan fingerprint density at radius 1 is 1.22 bits per heavy atom. The van der Waals surface area contributed by atoms with Crippen molar-refractivity contribution in [2.75, 3.05) is 26.2 Å². The summed E-state index contributed by atoms with van der Waals surface area (Å²) in [5.41, 5.74) is 0. The highest BCUT2D eigenvalue weighted by molar-refractivity contribution is 5.77. The summed E-state index contributed by atoms with van der Waals surface area (Å²) >= 11 is 0. The van der Waals surface area contributed by atoms with Crippen LogP contribution >= 0.6 is 0 Å². The second kappa shape index (κ2) is 8.36. The highest BCUT2D eigenvalue weighted by Gasteiger charge is 2.01. The molecule has 1 aromatic rings. The summed E-state index contributed by atoms with van der Waals surface area (Å²) < 4.78 is 5.26. The molecule has 0 bridgehead atoms. The van der Waals surface area contributed by atoms with Crippen LogP contribution in [0.4, 0.5) is 0 Å². The molecule has 0 spiro atoms. The van der Waals surface area contributed by atoms with Crippen LogP contribution in [0.1, 0.15) is 13.3 Å². The van der Waals surface area contributed by atoms with E-state index in [0.29, 0.717) is 12.3 Å². The molecule has 100 valence electrons. The molecule has 5 nitrogen and oxygen atoms in total. The zero-order chi connectivity index (χ0) is 13.2. The van der Waals surface area contributed by atoms with Gasteiger partial charge in [-0.1, -0.05) is 6.92 Å². The minimum Gasteiger partial charge on any atom is -0.508 e. The van der Waals surface area contributed by atoms with E-state index in [1.54, 1.807) is 12.1 Å². The molecule has 0 saturated heterocycles. The number of amides is 1. The number of phenols is 1. The second-order valence-electron chi connectivity index (χ2n) is 3.88. The van der Waals surface area contributed by atoms with Crippen LogP contribution < -0.4 is 15.4 Å². The predicted molar refractivity (Wildman–Crippen MR) is 69.8 cm³/mol. The normalized spacial score (nSPS) is 10.1. The first-order chi connectivity index (χ1) is 8.72. The van der Waals surface area contributed by atoms with Crippen LogP contribution in [0.15, 0.2) is 24.3 Å². The van der Waals surface area contributed by atoms with Crippen LogP contribution in [0.25, 0.3) is 0 Å². The predicted octanol–water partition coefficient (Wildman–Crippen LogP) is 0.887. The Balaban J connectivity index is 2.11. The van der Waals surface area contributed by atoms with E-state index in [0.717, 1.165) is 19.5 Å². The van der Waals surface area contributed by atoms with Crippen LogP contribution in [0.2, 0.25) is 0 Å². The van der Waals surface area contributed by atoms with Crippen molar-refractivity contribution in [1.82, 2.24) is 10.6 Å². The van der Waals surface area contributed by atoms with Gasteiger partial charge in [-0.3, -0.25) is 4.79 Å². The van der Waals surface area contributed by atoms with Gasteiger partial charge in [0.15, 0.2) is 6.61 Å². The van der Waals surface area contributed by atoms with Gasteiger partial charge in [-0.2, -0.15) is 0 Å². The van der Waals surface area contributed by atoms with Crippen molar-refractivity contribution in [3.8, 4) is 11.5 Å². The second-order valence-corrected chi connectivity index (χ2v) is 3.88. The first kappa shape index (κ1) is 14.3. The molecule has 0 heterocycles. The van der Waals surface area contributed by atoms with E-state index >= 15 is 0 Å². The monoisotopic (exact) mass is 252 g/mol. The number of nitrogens with one attached hydrogen (secondary N) is 2. The highest BCUT2D eigenvalue weighted by Crippen LogP contribution is 2.15. The number of hydrogen-bond acceptors (Lipinski definition) is 4. The van der Waals surface area contributed by atoms with Crippen LogP contribution in [-0.4, -0.2) is 37.3 Å². The fourth-order valence-electron chi connectivity index (χ4n) is 1.33. The lowest BCUT2D eigenvalue weighted by Gasteiger charge is -2.08. The van der Waals surface area contributed by atoms with Gasteiger partial charge < -0.3 is 20.5 Å². The van der Waals surface area contributed by atoms with Crippen LogP contribution in [-0.2, 0) is 4.79 Å². The van der Waals surface area contributed by atoms with Crippen molar-refractivity contribution in [2.45, 2.75) is 13.3 Å². The summed E-state index contributed by atoms with van der Waals surface area (Å²) in [6.07, 6.45) is 1.08. The van der Waals surface area contributed by atoms with Crippen molar-refractivity contribution in [3.63, 3.8) is 0 Å². The van der Waals surface area contributed by atoms with Crippen molar-refractivity contribution < 1.29 is 14.6 Å². The molecule has 18 heavy (non-hydrogen) atoms. The van der Waals surface area contributed by atoms with Gasteiger partial charge in [0.05, 0.1) is 0 Å². The van der Waals surface area contributed by atoms with Crippen LogP contribution in [0.5, 0.6) is 11.5 Å². The van der Waals surface area contributed by atoms with Gasteiger partial charge in [0.25, 0.3) is 5.91 Å². The SMILES string of the molecule is CCCNCCNC(=O)COc1ccc(O)cc1. The molecule has 0 aliphatic rings. The first-order valence-corrected chi connectivity index (χ1v) is 6.11. The molecule has 0 aromatic heterocycles. The number of phenolic OH excluding ortho intramolecular Hbond substituents is 1. The van der Waals surface area contributed by atoms with E-state index < -0.39 is 0 Å². The number of aromatic hydroxyl groups is 1. The van der Waals surface area contributed by atoms with Gasteiger partial charge in [-0.15, -0.1) is 0 Å². The number of ether oxygens (including phenoxy) is 1. The summed E-state index contributed by atoms with van der Waals surface area (Å²) in [5, 5.41) is 15.0. The lowest BCUT2D eigenvalue weighted by molar-refractivity contribution is -0.123. The molecular weight excluding hydrogens is 232 g/mol. The Kier molecular flexibility index (Phi) is 6.64. The van der Waals surface area contributed by atoms with Crippen LogP contribution in [0, 0.1) is 0 Å². The van der Waals surface area contributed by atoms with Gasteiger partial charge >= 0.3 is 0 Å². The number of carbonyl (C=O) groups is 1. The fourth-order valence-corrected chi connectivity index (χ4v) is 1.33. The largest absolute Gasteiger partial charge is 0.508 e. The number of carbonyl (C=O) groups excluding carboxylic acids is 1. The average molecular weight is 252 g/mol. The van der Waals surface area contributed by atoms with Crippen molar-refractivity contribution in [2.24, 2.45) is 0 Å². The van der Waals surface area contributed by atoms with E-state index in [-0.39, 0.29) is 18.3 Å². The Labute approximate surface area is 107 Å². The molecule has 0 fully saturated rings. The smallest absolute Gasteiger partial charge is 0.257 e. The molecule has 0 atom stereocenters. The lowest BCUT2D eigenvalue weighted by Crippen LogP contribution is -2.34. The minimum absolute atomic E-state index is 0.0153. The summed E-state index contributed by atoms with van der Waals surface area (Å²) in [4.78, 5) is 11.4. The maximum Gasteiger partial charge on any atom is 0.257 e. The van der Waals surface area contributed by atoms with Gasteiger partial charge in [-0.05, 0) is 37.2 Å². The average Bonchev–Trinajstić information content (AvgIpc) is 2.38. The van der Waals surface area contributed by atoms with Gasteiger partial charge in [0.2, 0.25) is 0 Å². The molecule has 0 aliphatic carbocycles. The molecule has 3 N–H and O–H groups in total. The van der Waals surface area contributed by atoms with Crippen molar-refractivity contribution in [3.05, 3.63) is 24.3 Å². The summed E-state index contributed by atoms with van der Waals surface area (Å²) in [7, 11) is 0. The van der Waals surface area contributed by atoms with E-state index in [2.05, 4.69) is 17.6 Å². The Hall–Kier alpha value is -1.75. The van der Waals surface area contributed by atoms with Crippen molar-refractivity contribution >= 4 is 5.91 Å². The minimum atomic E-state index is -0.152. The molecule has 1 amide bonds. The maximum absolute atomic E-state index is 11.4. The molecule has 5 heteroatoms. The molecule has 0 aliphatic heterocycles. The van der Waals surface area contributed by atoms with Crippen molar-refractivity contribution in [1.29, 1.82) is 0 Å². The molecule has 1 rings (SSSR count). The molecule has 0 radical (unpaired) electrons. The highest BCUT2D eigenvalue weighted by atomic mass is 16.5. The topological polar surface area (TPSA) is 70.6 Å². The Bertz CT molecular complexity index is 352. The van der Waals surface area contributed by atoms with E-state index in [1.807, 2.05) is 0 Å². The summed E-state index contributed by atoms with van der Waals surface area (Å²) in [6, 6.07) is 6.26. The standard InChI is InChI=1S/C13H20N2O3/c1-2-7-14-8-9-15-13(17)10-18-12-5-3-11(16)4-6-12/h3-6,14,16H,2,7-10H2,1H3,(H,15,17). The van der Waals surface area contributed by atoms with Crippen LogP contribution in [0.3, 0.4) is 0 Å². The van der Waals surface area contributed by atoms with Gasteiger partial charge in [0.1, 0.15) is 11.5 Å². The van der Waals surface area contributed by atoms with E-state index in [9.17, 15) is 4.79 Å². The third-order valence-corrected chi connectivity index (χ3v) is 2.26. The zero-order valence-electron chi connectivity index (χ0n) is 10.6. The third-order valence-electron chi connectivity index (χ3n) is 2.26. The maximum atomic E-state index is 11.4. The fraction of sp³-hybridized carbons (Fsp3) is 0.462. The number of rotatable bonds is 8.